The molecular formula is C33H41Cl2N5O3. The van der Waals surface area contributed by atoms with Gasteiger partial charge in [-0.1, -0.05) is 89.9 Å². The van der Waals surface area contributed by atoms with E-state index in [-0.39, 0.29) is 18.2 Å². The molecule has 2 unspecified atom stereocenters. The van der Waals surface area contributed by atoms with Gasteiger partial charge in [0.25, 0.3) is 0 Å². The summed E-state index contributed by atoms with van der Waals surface area (Å²) in [5, 5.41) is 9.98. The summed E-state index contributed by atoms with van der Waals surface area (Å²) < 4.78 is 0. The van der Waals surface area contributed by atoms with Crippen LogP contribution in [0.2, 0.25) is 10.0 Å². The van der Waals surface area contributed by atoms with Crippen LogP contribution >= 0.6 is 23.2 Å². The number of rotatable bonds is 18. The van der Waals surface area contributed by atoms with Crippen LogP contribution in [0.1, 0.15) is 54.7 Å². The summed E-state index contributed by atoms with van der Waals surface area (Å²) in [5.74, 6) is -1.28. The van der Waals surface area contributed by atoms with E-state index in [9.17, 15) is 14.4 Å². The first-order valence-electron chi connectivity index (χ1n) is 14.6. The molecule has 3 rings (SSSR count). The average molecular weight is 627 g/mol. The summed E-state index contributed by atoms with van der Waals surface area (Å²) >= 11 is 12.3. The molecule has 3 aromatic carbocycles. The monoisotopic (exact) mass is 625 g/mol. The third-order valence-corrected chi connectivity index (χ3v) is 7.85. The van der Waals surface area contributed by atoms with Gasteiger partial charge in [-0.05, 0) is 74.0 Å². The highest BCUT2D eigenvalue weighted by Crippen LogP contribution is 2.27. The highest BCUT2D eigenvalue weighted by Gasteiger charge is 2.25. The first kappa shape index (κ1) is 34.1. The number of carbonyl (C=O) groups excluding carboxylic acids is 3. The van der Waals surface area contributed by atoms with Crippen molar-refractivity contribution in [3.63, 3.8) is 0 Å². The lowest BCUT2D eigenvalue weighted by Crippen LogP contribution is -2.50. The molecule has 0 spiro atoms. The Kier molecular flexibility index (Phi) is 14.5. The Morgan fingerprint density at radius 1 is 0.791 bits per heavy atom. The predicted molar refractivity (Wildman–Crippen MR) is 173 cm³/mol. The average Bonchev–Trinajstić information content (AvgIpc) is 3.00. The minimum atomic E-state index is -0.828. The van der Waals surface area contributed by atoms with Gasteiger partial charge in [0.15, 0.2) is 0 Å². The van der Waals surface area contributed by atoms with Crippen LogP contribution in [0.15, 0.2) is 78.9 Å². The molecule has 0 heterocycles. The SMILES string of the molecule is NCCCCC(NC(=O)CC(NCCC(c1ccccc1)c1ccccc1)C(=O)NCCc1ccc(Cl)cc1Cl)C(N)=O. The fourth-order valence-electron chi connectivity index (χ4n) is 4.94. The molecule has 0 saturated heterocycles. The third-order valence-electron chi connectivity index (χ3n) is 7.27. The highest BCUT2D eigenvalue weighted by atomic mass is 35.5. The van der Waals surface area contributed by atoms with Crippen molar-refractivity contribution in [2.75, 3.05) is 19.6 Å². The van der Waals surface area contributed by atoms with Gasteiger partial charge in [0, 0.05) is 22.5 Å². The number of hydrogen-bond acceptors (Lipinski definition) is 5. The molecule has 3 amide bonds. The maximum atomic E-state index is 13.3. The number of carbonyl (C=O) groups is 3. The number of hydrogen-bond donors (Lipinski definition) is 5. The van der Waals surface area contributed by atoms with Gasteiger partial charge in [0.2, 0.25) is 17.7 Å². The van der Waals surface area contributed by atoms with Crippen molar-refractivity contribution in [1.29, 1.82) is 0 Å². The van der Waals surface area contributed by atoms with E-state index < -0.39 is 23.9 Å². The Morgan fingerprint density at radius 3 is 2.02 bits per heavy atom. The van der Waals surface area contributed by atoms with Crippen molar-refractivity contribution in [1.82, 2.24) is 16.0 Å². The molecular weight excluding hydrogens is 585 g/mol. The van der Waals surface area contributed by atoms with Crippen molar-refractivity contribution in [3.8, 4) is 0 Å². The van der Waals surface area contributed by atoms with E-state index in [2.05, 4.69) is 40.2 Å². The lowest BCUT2D eigenvalue weighted by molar-refractivity contribution is -0.130. The number of primary amides is 1. The Morgan fingerprint density at radius 2 is 1.44 bits per heavy atom. The standard InChI is InChI=1S/C33H41Cl2N5O3/c34-26-15-14-25(28(35)21-26)16-19-39-33(43)30(22-31(41)40-29(32(37)42)13-7-8-18-36)38-20-17-27(23-9-3-1-4-10-23)24-11-5-2-6-12-24/h1-6,9-12,14-15,21,27,29-30,38H,7-8,13,16-20,22,36H2,(H2,37,42)(H,39,43)(H,40,41). The quantitative estimate of drug-likeness (QED) is 0.134. The molecule has 0 aliphatic rings. The molecule has 0 radical (unpaired) electrons. The maximum absolute atomic E-state index is 13.3. The maximum Gasteiger partial charge on any atom is 0.239 e. The van der Waals surface area contributed by atoms with Gasteiger partial charge in [0.1, 0.15) is 6.04 Å². The molecule has 0 aliphatic heterocycles. The van der Waals surface area contributed by atoms with E-state index in [1.165, 1.54) is 0 Å². The largest absolute Gasteiger partial charge is 0.368 e. The molecule has 3 aromatic rings. The molecule has 43 heavy (non-hydrogen) atoms. The van der Waals surface area contributed by atoms with Crippen molar-refractivity contribution in [2.45, 2.75) is 56.5 Å². The van der Waals surface area contributed by atoms with Gasteiger partial charge in [-0.15, -0.1) is 0 Å². The van der Waals surface area contributed by atoms with Gasteiger partial charge >= 0.3 is 0 Å². The first-order chi connectivity index (χ1) is 20.8. The van der Waals surface area contributed by atoms with Crippen molar-refractivity contribution < 1.29 is 14.4 Å². The van der Waals surface area contributed by atoms with E-state index >= 15 is 0 Å². The Labute approximate surface area is 263 Å². The van der Waals surface area contributed by atoms with Gasteiger partial charge in [-0.3, -0.25) is 14.4 Å². The summed E-state index contributed by atoms with van der Waals surface area (Å²) in [6.45, 7) is 1.28. The molecule has 230 valence electrons. The summed E-state index contributed by atoms with van der Waals surface area (Å²) in [5.41, 5.74) is 14.3. The molecule has 0 bridgehead atoms. The van der Waals surface area contributed by atoms with Gasteiger partial charge < -0.3 is 27.4 Å². The molecule has 7 N–H and O–H groups in total. The zero-order valence-electron chi connectivity index (χ0n) is 24.2. The zero-order valence-corrected chi connectivity index (χ0v) is 25.7. The summed E-state index contributed by atoms with van der Waals surface area (Å²) in [6.07, 6.45) is 2.79. The number of nitrogens with one attached hydrogen (secondary N) is 3. The van der Waals surface area contributed by atoms with Crippen LogP contribution in [-0.4, -0.2) is 49.4 Å². The molecule has 10 heteroatoms. The fourth-order valence-corrected chi connectivity index (χ4v) is 5.44. The molecule has 0 fully saturated rings. The molecule has 0 aliphatic carbocycles. The van der Waals surface area contributed by atoms with Crippen LogP contribution in [0.4, 0.5) is 0 Å². The van der Waals surface area contributed by atoms with Gasteiger partial charge in [-0.25, -0.2) is 0 Å². The van der Waals surface area contributed by atoms with E-state index in [1.807, 2.05) is 42.5 Å². The topological polar surface area (TPSA) is 139 Å². The first-order valence-corrected chi connectivity index (χ1v) is 15.4. The van der Waals surface area contributed by atoms with Crippen molar-refractivity contribution >= 4 is 40.9 Å². The van der Waals surface area contributed by atoms with Crippen molar-refractivity contribution in [2.24, 2.45) is 11.5 Å². The fraction of sp³-hybridized carbons (Fsp3) is 0.364. The molecule has 0 aromatic heterocycles. The van der Waals surface area contributed by atoms with E-state index in [1.54, 1.807) is 12.1 Å². The second-order valence-electron chi connectivity index (χ2n) is 10.5. The summed E-state index contributed by atoms with van der Waals surface area (Å²) in [7, 11) is 0. The minimum absolute atomic E-state index is 0.0984. The third kappa shape index (κ3) is 11.6. The second-order valence-corrected chi connectivity index (χ2v) is 11.3. The summed E-state index contributed by atoms with van der Waals surface area (Å²) in [4.78, 5) is 38.3. The Bertz CT molecular complexity index is 1270. The van der Waals surface area contributed by atoms with Crippen LogP contribution in [0, 0.1) is 0 Å². The van der Waals surface area contributed by atoms with E-state index in [0.717, 1.165) is 16.7 Å². The van der Waals surface area contributed by atoms with Gasteiger partial charge in [-0.2, -0.15) is 0 Å². The van der Waals surface area contributed by atoms with E-state index in [0.29, 0.717) is 61.8 Å². The summed E-state index contributed by atoms with van der Waals surface area (Å²) in [6, 6.07) is 23.9. The Balaban J connectivity index is 1.68. The van der Waals surface area contributed by atoms with E-state index in [4.69, 9.17) is 34.7 Å². The van der Waals surface area contributed by atoms with Crippen LogP contribution in [-0.2, 0) is 20.8 Å². The van der Waals surface area contributed by atoms with Crippen LogP contribution < -0.4 is 27.4 Å². The number of nitrogens with two attached hydrogens (primary N) is 2. The van der Waals surface area contributed by atoms with Crippen LogP contribution in [0.3, 0.4) is 0 Å². The molecule has 0 saturated carbocycles. The van der Waals surface area contributed by atoms with Crippen LogP contribution in [0.5, 0.6) is 0 Å². The second kappa shape index (κ2) is 18.3. The van der Waals surface area contributed by atoms with Gasteiger partial charge in [0.05, 0.1) is 12.5 Å². The normalized spacial score (nSPS) is 12.5. The predicted octanol–water partition coefficient (Wildman–Crippen LogP) is 4.32. The number of benzene rings is 3. The Hall–Kier alpha value is -3.43. The number of unbranched alkanes of at least 4 members (excludes halogenated alkanes) is 1. The minimum Gasteiger partial charge on any atom is -0.368 e. The lowest BCUT2D eigenvalue weighted by atomic mass is 9.88. The molecule has 8 nitrogen and oxygen atoms in total. The zero-order chi connectivity index (χ0) is 31.0. The van der Waals surface area contributed by atoms with Crippen LogP contribution in [0.25, 0.3) is 0 Å². The highest BCUT2D eigenvalue weighted by molar-refractivity contribution is 6.35. The number of halogens is 2. The number of amides is 3. The molecule has 2 atom stereocenters. The van der Waals surface area contributed by atoms with Crippen molar-refractivity contribution in [3.05, 3.63) is 106 Å². The smallest absolute Gasteiger partial charge is 0.239 e. The lowest BCUT2D eigenvalue weighted by Gasteiger charge is -2.23.